The maximum atomic E-state index is 12.8. The van der Waals surface area contributed by atoms with E-state index in [1.54, 1.807) is 19.1 Å². The minimum absolute atomic E-state index is 0.211. The zero-order valence-corrected chi connectivity index (χ0v) is 9.72. The zero-order valence-electron chi connectivity index (χ0n) is 8.97. The lowest BCUT2D eigenvalue weighted by Crippen LogP contribution is -2.24. The second-order valence-corrected chi connectivity index (χ2v) is 3.60. The van der Waals surface area contributed by atoms with E-state index < -0.39 is 0 Å². The van der Waals surface area contributed by atoms with Crippen LogP contribution in [0.3, 0.4) is 0 Å². The highest BCUT2D eigenvalue weighted by Gasteiger charge is 2.07. The van der Waals surface area contributed by atoms with Crippen molar-refractivity contribution in [3.8, 4) is 0 Å². The number of alkyl halides is 1. The van der Waals surface area contributed by atoms with Crippen LogP contribution in [-0.2, 0) is 0 Å². The van der Waals surface area contributed by atoms with Crippen molar-refractivity contribution in [2.24, 2.45) is 0 Å². The fourth-order valence-corrected chi connectivity index (χ4v) is 1.40. The smallest absolute Gasteiger partial charge is 0.251 e. The first kappa shape index (κ1) is 12.7. The lowest BCUT2D eigenvalue weighted by molar-refractivity contribution is 0.0957. The highest BCUT2D eigenvalue weighted by Crippen LogP contribution is 2.09. The third kappa shape index (κ3) is 3.66. The van der Waals surface area contributed by atoms with E-state index in [9.17, 15) is 9.18 Å². The molecule has 0 aliphatic heterocycles. The number of rotatable bonds is 4. The molecule has 0 saturated heterocycles. The van der Waals surface area contributed by atoms with E-state index in [1.165, 1.54) is 18.2 Å². The van der Waals surface area contributed by atoms with Gasteiger partial charge in [-0.15, -0.1) is 11.6 Å². The Labute approximate surface area is 99.1 Å². The van der Waals surface area contributed by atoms with E-state index in [1.807, 2.05) is 0 Å². The van der Waals surface area contributed by atoms with Crippen molar-refractivity contribution in [3.63, 3.8) is 0 Å². The quantitative estimate of drug-likeness (QED) is 0.637. The van der Waals surface area contributed by atoms with Crippen molar-refractivity contribution >= 4 is 17.5 Å². The number of carbonyl (C=O) groups is 1. The molecule has 1 aromatic carbocycles. The van der Waals surface area contributed by atoms with Crippen LogP contribution in [0.4, 0.5) is 4.39 Å². The number of hydrogen-bond donors (Lipinski definition) is 1. The lowest BCUT2D eigenvalue weighted by Gasteiger charge is -2.05. The highest BCUT2D eigenvalue weighted by molar-refractivity contribution is 6.18. The molecule has 0 aliphatic rings. The van der Waals surface area contributed by atoms with Gasteiger partial charge in [0.05, 0.1) is 0 Å². The molecule has 1 aromatic rings. The fraction of sp³-hybridized carbons (Fsp3) is 0.250. The maximum Gasteiger partial charge on any atom is 0.251 e. The molecule has 0 spiro atoms. The molecular weight excluding hydrogens is 229 g/mol. The summed E-state index contributed by atoms with van der Waals surface area (Å²) in [6.07, 6.45) is 3.52. The van der Waals surface area contributed by atoms with Gasteiger partial charge in [0, 0.05) is 18.0 Å². The molecule has 0 bridgehead atoms. The van der Waals surface area contributed by atoms with Crippen molar-refractivity contribution in [3.05, 3.63) is 47.3 Å². The molecule has 0 heterocycles. The van der Waals surface area contributed by atoms with Gasteiger partial charge < -0.3 is 5.32 Å². The number of hydrogen-bond acceptors (Lipinski definition) is 1. The Morgan fingerprint density at radius 2 is 2.25 bits per heavy atom. The third-order valence-electron chi connectivity index (χ3n) is 2.07. The summed E-state index contributed by atoms with van der Waals surface area (Å²) in [4.78, 5) is 11.6. The topological polar surface area (TPSA) is 29.1 Å². The van der Waals surface area contributed by atoms with E-state index in [-0.39, 0.29) is 11.7 Å². The third-order valence-corrected chi connectivity index (χ3v) is 2.25. The van der Waals surface area contributed by atoms with Crippen LogP contribution in [0.25, 0.3) is 0 Å². The monoisotopic (exact) mass is 241 g/mol. The van der Waals surface area contributed by atoms with Crippen LogP contribution in [0, 0.1) is 12.7 Å². The second kappa shape index (κ2) is 6.28. The number of allylic oxidation sites excluding steroid dienone is 1. The Morgan fingerprint density at radius 3 is 2.88 bits per heavy atom. The first-order chi connectivity index (χ1) is 7.65. The molecule has 1 N–H and O–H groups in total. The van der Waals surface area contributed by atoms with E-state index in [0.29, 0.717) is 23.6 Å². The van der Waals surface area contributed by atoms with Crippen LogP contribution < -0.4 is 5.32 Å². The molecule has 0 radical (unpaired) electrons. The number of halogens is 2. The Hall–Kier alpha value is -1.35. The van der Waals surface area contributed by atoms with Gasteiger partial charge in [-0.25, -0.2) is 4.39 Å². The largest absolute Gasteiger partial charge is 0.349 e. The fourth-order valence-electron chi connectivity index (χ4n) is 1.28. The molecular formula is C12H13ClFNO. The summed E-state index contributed by atoms with van der Waals surface area (Å²) in [5.74, 6) is -0.126. The summed E-state index contributed by atoms with van der Waals surface area (Å²) < 4.78 is 12.8. The van der Waals surface area contributed by atoms with Crippen molar-refractivity contribution < 1.29 is 9.18 Å². The second-order valence-electron chi connectivity index (χ2n) is 3.29. The molecule has 2 nitrogen and oxygen atoms in total. The van der Waals surface area contributed by atoms with Crippen LogP contribution in [0.2, 0.25) is 0 Å². The van der Waals surface area contributed by atoms with E-state index >= 15 is 0 Å². The highest BCUT2D eigenvalue weighted by atomic mass is 35.5. The van der Waals surface area contributed by atoms with Crippen molar-refractivity contribution in [2.45, 2.75) is 6.92 Å². The molecule has 0 fully saturated rings. The molecule has 1 rings (SSSR count). The summed E-state index contributed by atoms with van der Waals surface area (Å²) in [6.45, 7) is 2.12. The average Bonchev–Trinajstić information content (AvgIpc) is 2.24. The number of benzene rings is 1. The first-order valence-corrected chi connectivity index (χ1v) is 5.44. The minimum Gasteiger partial charge on any atom is -0.349 e. The summed E-state index contributed by atoms with van der Waals surface area (Å²) >= 11 is 5.44. The summed E-state index contributed by atoms with van der Waals surface area (Å²) in [6, 6.07) is 4.09. The van der Waals surface area contributed by atoms with Crippen molar-refractivity contribution in [2.75, 3.05) is 12.4 Å². The van der Waals surface area contributed by atoms with Gasteiger partial charge in [-0.3, -0.25) is 4.79 Å². The van der Waals surface area contributed by atoms with Crippen LogP contribution in [0.5, 0.6) is 0 Å². The standard InChI is InChI=1S/C12H13ClFNO/c1-9-8-10(14)4-5-11(9)12(16)15-7-3-2-6-13/h2-5,8H,6-7H2,1H3,(H,15,16)/b3-2+. The van der Waals surface area contributed by atoms with Crippen molar-refractivity contribution in [1.29, 1.82) is 0 Å². The summed E-state index contributed by atoms with van der Waals surface area (Å²) in [7, 11) is 0. The molecule has 0 unspecified atom stereocenters. The van der Waals surface area contributed by atoms with E-state index in [2.05, 4.69) is 5.32 Å². The normalized spacial score (nSPS) is 10.7. The van der Waals surface area contributed by atoms with Gasteiger partial charge in [0.15, 0.2) is 0 Å². The van der Waals surface area contributed by atoms with Gasteiger partial charge in [0.2, 0.25) is 0 Å². The van der Waals surface area contributed by atoms with Gasteiger partial charge in [-0.1, -0.05) is 12.2 Å². The Balaban J connectivity index is 2.63. The van der Waals surface area contributed by atoms with Crippen LogP contribution >= 0.6 is 11.6 Å². The molecule has 0 aromatic heterocycles. The van der Waals surface area contributed by atoms with Gasteiger partial charge in [-0.2, -0.15) is 0 Å². The molecule has 0 aliphatic carbocycles. The number of carbonyl (C=O) groups excluding carboxylic acids is 1. The summed E-state index contributed by atoms with van der Waals surface area (Å²) in [5, 5.41) is 2.69. The lowest BCUT2D eigenvalue weighted by atomic mass is 10.1. The van der Waals surface area contributed by atoms with E-state index in [0.717, 1.165) is 0 Å². The Kier molecular flexibility index (Phi) is 4.99. The predicted molar refractivity (Wildman–Crippen MR) is 63.3 cm³/mol. The number of aryl methyl sites for hydroxylation is 1. The van der Waals surface area contributed by atoms with E-state index in [4.69, 9.17) is 11.6 Å². The van der Waals surface area contributed by atoms with Gasteiger partial charge >= 0.3 is 0 Å². The Morgan fingerprint density at radius 1 is 1.50 bits per heavy atom. The Bertz CT molecular complexity index is 404. The summed E-state index contributed by atoms with van der Waals surface area (Å²) in [5.41, 5.74) is 1.11. The minimum atomic E-state index is -0.337. The van der Waals surface area contributed by atoms with Crippen LogP contribution in [0.1, 0.15) is 15.9 Å². The van der Waals surface area contributed by atoms with Crippen LogP contribution in [-0.4, -0.2) is 18.3 Å². The number of nitrogens with one attached hydrogen (secondary N) is 1. The predicted octanol–water partition coefficient (Wildman–Crippen LogP) is 2.66. The molecule has 16 heavy (non-hydrogen) atoms. The van der Waals surface area contributed by atoms with Gasteiger partial charge in [0.25, 0.3) is 5.91 Å². The van der Waals surface area contributed by atoms with Gasteiger partial charge in [-0.05, 0) is 30.7 Å². The molecule has 4 heteroatoms. The molecule has 0 atom stereocenters. The SMILES string of the molecule is Cc1cc(F)ccc1C(=O)NC/C=C/CCl. The van der Waals surface area contributed by atoms with Crippen LogP contribution in [0.15, 0.2) is 30.4 Å². The zero-order chi connectivity index (χ0) is 12.0. The number of amides is 1. The molecule has 1 amide bonds. The molecule has 86 valence electrons. The molecule has 0 saturated carbocycles. The van der Waals surface area contributed by atoms with Crippen molar-refractivity contribution in [1.82, 2.24) is 5.32 Å². The van der Waals surface area contributed by atoms with Gasteiger partial charge in [0.1, 0.15) is 5.82 Å². The average molecular weight is 242 g/mol. The maximum absolute atomic E-state index is 12.8. The first-order valence-electron chi connectivity index (χ1n) is 4.90.